The van der Waals surface area contributed by atoms with E-state index in [0.717, 1.165) is 23.4 Å². The van der Waals surface area contributed by atoms with Crippen LogP contribution in [0.3, 0.4) is 0 Å². The zero-order chi connectivity index (χ0) is 26.6. The van der Waals surface area contributed by atoms with E-state index < -0.39 is 12.1 Å². The van der Waals surface area contributed by atoms with Crippen LogP contribution in [0.15, 0.2) is 48.5 Å². The van der Waals surface area contributed by atoms with Crippen LogP contribution in [0, 0.1) is 0 Å². The molecule has 1 fully saturated rings. The SMILES string of the molecule is CCC(=O)N1c2ccccc2[C@H](Nc2ccc(C(=O)N3CC(N)C3)cc2)C[C@@H]1C.O=C(O)C(F)(F)F. The molecule has 8 nitrogen and oxygen atoms in total. The molecule has 2 amide bonds. The molecule has 2 aliphatic rings. The number of carboxylic acid groups (broad SMARTS) is 1. The highest BCUT2D eigenvalue weighted by atomic mass is 19.4. The standard InChI is InChI=1S/C23H28N4O2.C2HF3O2/c1-3-22(28)27-15(2)12-20(19-6-4-5-7-21(19)27)25-18-10-8-16(9-11-18)23(29)26-13-17(24)14-26;3-2(4,5)1(6)7/h4-11,15,17,20,25H,3,12-14,24H2,1-2H3;(H,6,7)/t15-,20+;/m0./s1. The Hall–Kier alpha value is -3.60. The number of nitrogens with zero attached hydrogens (tertiary/aromatic N) is 2. The van der Waals surface area contributed by atoms with Crippen molar-refractivity contribution >= 4 is 29.2 Å². The van der Waals surface area contributed by atoms with Gasteiger partial charge in [-0.05, 0) is 49.2 Å². The van der Waals surface area contributed by atoms with E-state index in [2.05, 4.69) is 18.3 Å². The van der Waals surface area contributed by atoms with Gasteiger partial charge in [0.2, 0.25) is 5.91 Å². The van der Waals surface area contributed by atoms with Gasteiger partial charge in [-0.3, -0.25) is 9.59 Å². The van der Waals surface area contributed by atoms with Crippen molar-refractivity contribution in [3.63, 3.8) is 0 Å². The molecule has 0 saturated carbocycles. The topological polar surface area (TPSA) is 116 Å². The van der Waals surface area contributed by atoms with Crippen molar-refractivity contribution in [3.05, 3.63) is 59.7 Å². The molecule has 4 rings (SSSR count). The second-order valence-corrected chi connectivity index (χ2v) is 8.81. The fourth-order valence-corrected chi connectivity index (χ4v) is 4.27. The summed E-state index contributed by atoms with van der Waals surface area (Å²) in [5, 5.41) is 10.7. The largest absolute Gasteiger partial charge is 0.490 e. The molecule has 0 radical (unpaired) electrons. The van der Waals surface area contributed by atoms with Crippen molar-refractivity contribution < 1.29 is 32.7 Å². The lowest BCUT2D eigenvalue weighted by molar-refractivity contribution is -0.192. The number of carbonyl (C=O) groups excluding carboxylic acids is 2. The average Bonchev–Trinajstić information content (AvgIpc) is 2.81. The third-order valence-electron chi connectivity index (χ3n) is 6.07. The minimum absolute atomic E-state index is 0.0311. The molecule has 2 aromatic carbocycles. The second kappa shape index (κ2) is 11.0. The molecule has 2 aromatic rings. The maximum Gasteiger partial charge on any atom is 0.490 e. The number of anilines is 2. The molecule has 11 heteroatoms. The first-order valence-electron chi connectivity index (χ1n) is 11.5. The molecule has 36 heavy (non-hydrogen) atoms. The van der Waals surface area contributed by atoms with Crippen molar-refractivity contribution in [2.75, 3.05) is 23.3 Å². The number of para-hydroxylation sites is 1. The maximum absolute atomic E-state index is 12.5. The number of alkyl halides is 3. The number of aliphatic carboxylic acids is 1. The molecule has 0 aliphatic carbocycles. The molecule has 2 atom stereocenters. The first-order valence-corrected chi connectivity index (χ1v) is 11.5. The summed E-state index contributed by atoms with van der Waals surface area (Å²) in [4.78, 5) is 37.5. The number of halogens is 3. The van der Waals surface area contributed by atoms with E-state index in [4.69, 9.17) is 15.6 Å². The molecular weight excluding hydrogens is 477 g/mol. The van der Waals surface area contributed by atoms with Crippen LogP contribution in [0.25, 0.3) is 0 Å². The van der Waals surface area contributed by atoms with Crippen LogP contribution in [0.1, 0.15) is 48.7 Å². The highest BCUT2D eigenvalue weighted by Gasteiger charge is 2.38. The van der Waals surface area contributed by atoms with E-state index in [1.807, 2.05) is 54.3 Å². The summed E-state index contributed by atoms with van der Waals surface area (Å²) < 4.78 is 31.7. The van der Waals surface area contributed by atoms with Gasteiger partial charge in [0.1, 0.15) is 0 Å². The number of benzene rings is 2. The van der Waals surface area contributed by atoms with Gasteiger partial charge in [-0.2, -0.15) is 13.2 Å². The van der Waals surface area contributed by atoms with Gasteiger partial charge in [-0.1, -0.05) is 25.1 Å². The van der Waals surface area contributed by atoms with Gasteiger partial charge in [-0.15, -0.1) is 0 Å². The Morgan fingerprint density at radius 2 is 1.67 bits per heavy atom. The molecule has 0 spiro atoms. The molecule has 1 saturated heterocycles. The molecule has 2 aliphatic heterocycles. The lowest BCUT2D eigenvalue weighted by Gasteiger charge is -2.40. The van der Waals surface area contributed by atoms with E-state index in [-0.39, 0.29) is 29.9 Å². The summed E-state index contributed by atoms with van der Waals surface area (Å²) >= 11 is 0. The summed E-state index contributed by atoms with van der Waals surface area (Å²) in [7, 11) is 0. The Balaban J connectivity index is 0.000000454. The Kier molecular flexibility index (Phi) is 8.24. The molecule has 4 N–H and O–H groups in total. The third kappa shape index (κ3) is 6.14. The molecule has 2 heterocycles. The fraction of sp³-hybridized carbons (Fsp3) is 0.400. The Morgan fingerprint density at radius 3 is 2.19 bits per heavy atom. The van der Waals surface area contributed by atoms with E-state index in [1.165, 1.54) is 0 Å². The predicted octanol–water partition coefficient (Wildman–Crippen LogP) is 3.79. The van der Waals surface area contributed by atoms with Gasteiger partial charge in [0.15, 0.2) is 0 Å². The van der Waals surface area contributed by atoms with Crippen molar-refractivity contribution in [1.29, 1.82) is 0 Å². The number of hydrogen-bond acceptors (Lipinski definition) is 5. The van der Waals surface area contributed by atoms with Gasteiger partial charge in [0, 0.05) is 48.5 Å². The van der Waals surface area contributed by atoms with Gasteiger partial charge < -0.3 is 26.0 Å². The molecule has 0 unspecified atom stereocenters. The fourth-order valence-electron chi connectivity index (χ4n) is 4.27. The van der Waals surface area contributed by atoms with Gasteiger partial charge >= 0.3 is 12.1 Å². The zero-order valence-corrected chi connectivity index (χ0v) is 20.0. The Morgan fingerprint density at radius 1 is 1.08 bits per heavy atom. The van der Waals surface area contributed by atoms with Gasteiger partial charge in [0.05, 0.1) is 6.04 Å². The number of carbonyl (C=O) groups is 3. The number of rotatable bonds is 4. The number of likely N-dealkylation sites (tertiary alicyclic amines) is 1. The summed E-state index contributed by atoms with van der Waals surface area (Å²) in [6.45, 7) is 5.25. The summed E-state index contributed by atoms with van der Waals surface area (Å²) in [5.74, 6) is -2.58. The summed E-state index contributed by atoms with van der Waals surface area (Å²) in [6, 6.07) is 16.0. The highest BCUT2D eigenvalue weighted by Crippen LogP contribution is 2.39. The van der Waals surface area contributed by atoms with Gasteiger partial charge in [-0.25, -0.2) is 4.79 Å². The number of hydrogen-bond donors (Lipinski definition) is 3. The first kappa shape index (κ1) is 27.0. The molecular formula is C25H29F3N4O4. The lowest BCUT2D eigenvalue weighted by atomic mass is 9.91. The quantitative estimate of drug-likeness (QED) is 0.581. The van der Waals surface area contributed by atoms with Crippen LogP contribution in [-0.2, 0) is 9.59 Å². The van der Waals surface area contributed by atoms with E-state index in [1.54, 1.807) is 4.90 Å². The summed E-state index contributed by atoms with van der Waals surface area (Å²) in [6.07, 6.45) is -3.76. The number of fused-ring (bicyclic) bond motifs is 1. The van der Waals surface area contributed by atoms with E-state index >= 15 is 0 Å². The van der Waals surface area contributed by atoms with Crippen LogP contribution in [0.2, 0.25) is 0 Å². The summed E-state index contributed by atoms with van der Waals surface area (Å²) in [5.41, 5.74) is 9.52. The second-order valence-electron chi connectivity index (χ2n) is 8.81. The minimum atomic E-state index is -5.08. The monoisotopic (exact) mass is 506 g/mol. The number of amides is 2. The maximum atomic E-state index is 12.5. The molecule has 0 bridgehead atoms. The minimum Gasteiger partial charge on any atom is -0.475 e. The third-order valence-corrected chi connectivity index (χ3v) is 6.07. The Labute approximate surface area is 206 Å². The van der Waals surface area contributed by atoms with E-state index in [0.29, 0.717) is 25.1 Å². The van der Waals surface area contributed by atoms with E-state index in [9.17, 15) is 22.8 Å². The van der Waals surface area contributed by atoms with Crippen LogP contribution < -0.4 is 16.0 Å². The Bertz CT molecular complexity index is 1100. The molecule has 194 valence electrons. The van der Waals surface area contributed by atoms with Crippen molar-refractivity contribution in [1.82, 2.24) is 4.90 Å². The van der Waals surface area contributed by atoms with Crippen LogP contribution in [-0.4, -0.2) is 59.1 Å². The van der Waals surface area contributed by atoms with Crippen molar-refractivity contribution in [3.8, 4) is 0 Å². The van der Waals surface area contributed by atoms with Crippen LogP contribution in [0.5, 0.6) is 0 Å². The smallest absolute Gasteiger partial charge is 0.475 e. The van der Waals surface area contributed by atoms with Crippen LogP contribution in [0.4, 0.5) is 24.5 Å². The highest BCUT2D eigenvalue weighted by molar-refractivity contribution is 5.96. The van der Waals surface area contributed by atoms with Gasteiger partial charge in [0.25, 0.3) is 5.91 Å². The lowest BCUT2D eigenvalue weighted by Crippen LogP contribution is -2.57. The average molecular weight is 507 g/mol. The van der Waals surface area contributed by atoms with Crippen molar-refractivity contribution in [2.45, 2.75) is 51.0 Å². The zero-order valence-electron chi connectivity index (χ0n) is 20.0. The normalized spacial score (nSPS) is 19.4. The number of carboxylic acids is 1. The number of nitrogens with one attached hydrogen (secondary N) is 1. The molecule has 0 aromatic heterocycles. The van der Waals surface area contributed by atoms with Crippen molar-refractivity contribution in [2.24, 2.45) is 5.73 Å². The first-order chi connectivity index (χ1) is 16.9. The number of nitrogens with two attached hydrogens (primary N) is 1. The van der Waals surface area contributed by atoms with Crippen LogP contribution >= 0.6 is 0 Å². The predicted molar refractivity (Wildman–Crippen MR) is 129 cm³/mol.